The zero-order chi connectivity index (χ0) is 25.0. The number of amides is 1. The molecule has 1 fully saturated rings. The molecule has 0 atom stereocenters. The highest BCUT2D eigenvalue weighted by molar-refractivity contribution is 7.91. The van der Waals surface area contributed by atoms with Gasteiger partial charge in [-0.05, 0) is 49.1 Å². The SMILES string of the molecule is N#Cc1ccc2c([N+](=O)[O-])c(C(=O)NCC3CCCCC3)n(CCS(=O)(=O)c3ccccc3)c2c1. The summed E-state index contributed by atoms with van der Waals surface area (Å²) in [6, 6.07) is 14.2. The summed E-state index contributed by atoms with van der Waals surface area (Å²) < 4.78 is 27.2. The molecule has 0 saturated heterocycles. The molecule has 182 valence electrons. The summed E-state index contributed by atoms with van der Waals surface area (Å²) in [5.41, 5.74) is -0.0463. The molecule has 1 N–H and O–H groups in total. The molecule has 3 aromatic rings. The largest absolute Gasteiger partial charge is 0.350 e. The molecule has 35 heavy (non-hydrogen) atoms. The van der Waals surface area contributed by atoms with Gasteiger partial charge in [0.1, 0.15) is 0 Å². The van der Waals surface area contributed by atoms with Crippen LogP contribution >= 0.6 is 0 Å². The minimum atomic E-state index is -3.71. The van der Waals surface area contributed by atoms with Gasteiger partial charge in [0.05, 0.1) is 38.1 Å². The second-order valence-electron chi connectivity index (χ2n) is 8.80. The van der Waals surface area contributed by atoms with E-state index < -0.39 is 20.7 Å². The van der Waals surface area contributed by atoms with Crippen molar-refractivity contribution in [2.45, 2.75) is 43.5 Å². The van der Waals surface area contributed by atoms with Crippen molar-refractivity contribution in [1.82, 2.24) is 9.88 Å². The van der Waals surface area contributed by atoms with Crippen molar-refractivity contribution in [2.24, 2.45) is 5.92 Å². The van der Waals surface area contributed by atoms with Gasteiger partial charge >= 0.3 is 5.69 Å². The van der Waals surface area contributed by atoms with Crippen LogP contribution in [0.15, 0.2) is 53.4 Å². The summed E-state index contributed by atoms with van der Waals surface area (Å²) in [5, 5.41) is 24.4. The Bertz CT molecular complexity index is 1400. The highest BCUT2D eigenvalue weighted by atomic mass is 32.2. The first kappa shape index (κ1) is 24.4. The van der Waals surface area contributed by atoms with E-state index in [4.69, 9.17) is 0 Å². The molecule has 4 rings (SSSR count). The van der Waals surface area contributed by atoms with Gasteiger partial charge in [-0.1, -0.05) is 37.5 Å². The normalized spacial score (nSPS) is 14.5. The van der Waals surface area contributed by atoms with Gasteiger partial charge in [-0.3, -0.25) is 14.9 Å². The molecule has 9 nitrogen and oxygen atoms in total. The number of rotatable bonds is 8. The van der Waals surface area contributed by atoms with Crippen molar-refractivity contribution in [2.75, 3.05) is 12.3 Å². The van der Waals surface area contributed by atoms with Gasteiger partial charge in [0.2, 0.25) is 0 Å². The van der Waals surface area contributed by atoms with E-state index in [0.29, 0.717) is 12.5 Å². The van der Waals surface area contributed by atoms with Gasteiger partial charge in [0.15, 0.2) is 15.5 Å². The van der Waals surface area contributed by atoms with Crippen LogP contribution in [0, 0.1) is 27.4 Å². The van der Waals surface area contributed by atoms with Crippen LogP contribution in [0.25, 0.3) is 10.9 Å². The third-order valence-electron chi connectivity index (χ3n) is 6.53. The average molecular weight is 495 g/mol. The summed E-state index contributed by atoms with van der Waals surface area (Å²) in [7, 11) is -3.71. The number of aryl methyl sites for hydroxylation is 1. The van der Waals surface area contributed by atoms with Crippen LogP contribution in [0.2, 0.25) is 0 Å². The molecule has 0 aliphatic heterocycles. The van der Waals surface area contributed by atoms with Crippen molar-refractivity contribution in [3.63, 3.8) is 0 Å². The smallest absolute Gasteiger partial charge is 0.307 e. The van der Waals surface area contributed by atoms with E-state index in [2.05, 4.69) is 5.32 Å². The zero-order valence-electron chi connectivity index (χ0n) is 19.1. The number of nitrogens with zero attached hydrogens (tertiary/aromatic N) is 3. The Labute approximate surface area is 203 Å². The summed E-state index contributed by atoms with van der Waals surface area (Å²) >= 11 is 0. The van der Waals surface area contributed by atoms with Gasteiger partial charge in [0.25, 0.3) is 5.91 Å². The minimum absolute atomic E-state index is 0.131. The summed E-state index contributed by atoms with van der Waals surface area (Å²) in [4.78, 5) is 24.9. The van der Waals surface area contributed by atoms with Crippen LogP contribution in [0.3, 0.4) is 0 Å². The molecular weight excluding hydrogens is 468 g/mol. The van der Waals surface area contributed by atoms with Crippen LogP contribution in [0.4, 0.5) is 5.69 Å². The molecule has 0 radical (unpaired) electrons. The molecular formula is C25H26N4O5S. The lowest BCUT2D eigenvalue weighted by atomic mass is 9.89. The van der Waals surface area contributed by atoms with Crippen molar-refractivity contribution in [3.8, 4) is 6.07 Å². The monoisotopic (exact) mass is 494 g/mol. The number of nitrogens with one attached hydrogen (secondary N) is 1. The standard InChI is InChI=1S/C25H26N4O5S/c26-16-19-11-12-21-22(15-19)28(13-14-35(33,34)20-9-5-2-6-10-20)24(23(21)29(31)32)25(30)27-17-18-7-3-1-4-8-18/h2,5-6,9-12,15,18H,1,3-4,7-8,13-14,17H2,(H,27,30). The Hall–Kier alpha value is -3.71. The average Bonchev–Trinajstić information content (AvgIpc) is 3.21. The molecule has 1 aliphatic rings. The maximum Gasteiger partial charge on any atom is 0.307 e. The van der Waals surface area contributed by atoms with E-state index in [9.17, 15) is 28.6 Å². The quantitative estimate of drug-likeness (QED) is 0.368. The maximum absolute atomic E-state index is 13.3. The van der Waals surface area contributed by atoms with E-state index >= 15 is 0 Å². The molecule has 10 heteroatoms. The maximum atomic E-state index is 13.3. The zero-order valence-corrected chi connectivity index (χ0v) is 20.0. The van der Waals surface area contributed by atoms with Gasteiger partial charge in [-0.25, -0.2) is 8.42 Å². The first-order chi connectivity index (χ1) is 16.8. The Balaban J connectivity index is 1.75. The van der Waals surface area contributed by atoms with Crippen LogP contribution in [-0.4, -0.2) is 36.1 Å². The van der Waals surface area contributed by atoms with E-state index in [1.54, 1.807) is 18.2 Å². The number of hydrogen-bond acceptors (Lipinski definition) is 6. The number of nitriles is 1. The predicted molar refractivity (Wildman–Crippen MR) is 131 cm³/mol. The Morgan fingerprint density at radius 1 is 1.14 bits per heavy atom. The number of sulfone groups is 1. The van der Waals surface area contributed by atoms with E-state index in [1.807, 2.05) is 6.07 Å². The molecule has 2 aromatic carbocycles. The topological polar surface area (TPSA) is 135 Å². The lowest BCUT2D eigenvalue weighted by Gasteiger charge is -2.21. The van der Waals surface area contributed by atoms with E-state index in [1.165, 1.54) is 41.3 Å². The highest BCUT2D eigenvalue weighted by Gasteiger charge is 2.32. The molecule has 1 aliphatic carbocycles. The molecule has 1 aromatic heterocycles. The third-order valence-corrected chi connectivity index (χ3v) is 8.24. The van der Waals surface area contributed by atoms with E-state index in [0.717, 1.165) is 25.7 Å². The summed E-state index contributed by atoms with van der Waals surface area (Å²) in [5.74, 6) is -0.667. The molecule has 1 amide bonds. The number of hydrogen-bond donors (Lipinski definition) is 1. The van der Waals surface area contributed by atoms with Gasteiger partial charge in [-0.15, -0.1) is 0 Å². The number of carbonyl (C=O) groups is 1. The highest BCUT2D eigenvalue weighted by Crippen LogP contribution is 2.34. The number of aromatic nitrogens is 1. The first-order valence-electron chi connectivity index (χ1n) is 11.6. The molecule has 1 heterocycles. The van der Waals surface area contributed by atoms with Crippen molar-refractivity contribution < 1.29 is 18.1 Å². The van der Waals surface area contributed by atoms with Gasteiger partial charge < -0.3 is 9.88 Å². The number of fused-ring (bicyclic) bond motifs is 1. The molecule has 0 unspecified atom stereocenters. The lowest BCUT2D eigenvalue weighted by molar-refractivity contribution is -0.383. The predicted octanol–water partition coefficient (Wildman–Crippen LogP) is 4.21. The van der Waals surface area contributed by atoms with Crippen LogP contribution in [-0.2, 0) is 16.4 Å². The van der Waals surface area contributed by atoms with E-state index in [-0.39, 0.29) is 45.0 Å². The summed E-state index contributed by atoms with van der Waals surface area (Å²) in [6.07, 6.45) is 5.34. The number of benzene rings is 2. The van der Waals surface area contributed by atoms with Gasteiger partial charge in [0, 0.05) is 13.1 Å². The first-order valence-corrected chi connectivity index (χ1v) is 13.2. The van der Waals surface area contributed by atoms with Crippen LogP contribution in [0.5, 0.6) is 0 Å². The summed E-state index contributed by atoms with van der Waals surface area (Å²) in [6.45, 7) is 0.228. The fraction of sp³-hybridized carbons (Fsp3) is 0.360. The Morgan fingerprint density at radius 3 is 2.51 bits per heavy atom. The molecule has 1 saturated carbocycles. The van der Waals surface area contributed by atoms with Crippen molar-refractivity contribution >= 4 is 32.3 Å². The van der Waals surface area contributed by atoms with Gasteiger partial charge in [-0.2, -0.15) is 5.26 Å². The molecule has 0 spiro atoms. The Morgan fingerprint density at radius 2 is 1.86 bits per heavy atom. The Kier molecular flexibility index (Phi) is 7.17. The molecule has 0 bridgehead atoms. The third kappa shape index (κ3) is 5.20. The minimum Gasteiger partial charge on any atom is -0.350 e. The van der Waals surface area contributed by atoms with Crippen LogP contribution < -0.4 is 5.32 Å². The second kappa shape index (κ2) is 10.3. The fourth-order valence-corrected chi connectivity index (χ4v) is 5.95. The van der Waals surface area contributed by atoms with Crippen molar-refractivity contribution in [1.29, 1.82) is 5.26 Å². The second-order valence-corrected chi connectivity index (χ2v) is 10.9. The number of carbonyl (C=O) groups excluding carboxylic acids is 1. The fourth-order valence-electron chi connectivity index (χ4n) is 4.72. The van der Waals surface area contributed by atoms with Crippen molar-refractivity contribution in [3.05, 3.63) is 69.9 Å². The lowest BCUT2D eigenvalue weighted by Crippen LogP contribution is -2.32. The van der Waals surface area contributed by atoms with Crippen LogP contribution in [0.1, 0.15) is 48.2 Å². The number of nitro groups is 1.